The Bertz CT molecular complexity index is 571. The van der Waals surface area contributed by atoms with Crippen molar-refractivity contribution in [2.75, 3.05) is 25.6 Å². The molecule has 0 unspecified atom stereocenters. The fourth-order valence-electron chi connectivity index (χ4n) is 2.09. The van der Waals surface area contributed by atoms with Crippen LogP contribution in [0.25, 0.3) is 0 Å². The molecule has 0 saturated heterocycles. The maximum atomic E-state index is 11.9. The number of aromatic nitrogens is 3. The van der Waals surface area contributed by atoms with E-state index in [1.807, 2.05) is 0 Å². The number of nitrogens with zero attached hydrogens (tertiary/aromatic N) is 3. The lowest BCUT2D eigenvalue weighted by Gasteiger charge is -2.16. The summed E-state index contributed by atoms with van der Waals surface area (Å²) in [6.45, 7) is 1.41. The predicted octanol–water partition coefficient (Wildman–Crippen LogP) is -0.292. The van der Waals surface area contributed by atoms with Crippen LogP contribution in [-0.2, 0) is 18.8 Å². The molecular weight excluding hydrogens is 248 g/mol. The molecular formula is C12H20N4O3. The minimum Gasteiger partial charge on any atom is -0.385 e. The fraction of sp³-hybridized carbons (Fsp3) is 0.750. The summed E-state index contributed by atoms with van der Waals surface area (Å²) in [4.78, 5) is 23.4. The molecule has 0 spiro atoms. The van der Waals surface area contributed by atoms with E-state index in [-0.39, 0.29) is 16.8 Å². The van der Waals surface area contributed by atoms with Gasteiger partial charge >= 0.3 is 5.69 Å². The second-order valence-corrected chi connectivity index (χ2v) is 5.22. The third kappa shape index (κ3) is 2.86. The highest BCUT2D eigenvalue weighted by molar-refractivity contribution is 5.30. The van der Waals surface area contributed by atoms with Gasteiger partial charge in [-0.15, -0.1) is 5.10 Å². The van der Waals surface area contributed by atoms with Gasteiger partial charge in [-0.2, -0.15) is 0 Å². The first kappa shape index (κ1) is 13.8. The van der Waals surface area contributed by atoms with E-state index in [4.69, 9.17) is 4.74 Å². The second-order valence-electron chi connectivity index (χ2n) is 5.22. The number of rotatable bonds is 6. The van der Waals surface area contributed by atoms with Gasteiger partial charge in [0, 0.05) is 34.4 Å². The van der Waals surface area contributed by atoms with Crippen molar-refractivity contribution in [2.24, 2.45) is 19.5 Å². The van der Waals surface area contributed by atoms with Crippen LogP contribution in [0, 0.1) is 5.41 Å². The van der Waals surface area contributed by atoms with Gasteiger partial charge in [-0.3, -0.25) is 9.36 Å². The molecule has 1 N–H and O–H groups in total. The van der Waals surface area contributed by atoms with Crippen molar-refractivity contribution in [1.82, 2.24) is 14.3 Å². The van der Waals surface area contributed by atoms with Gasteiger partial charge in [0.15, 0.2) is 0 Å². The molecule has 1 aromatic rings. The third-order valence-electron chi connectivity index (χ3n) is 3.75. The van der Waals surface area contributed by atoms with Gasteiger partial charge in [0.05, 0.1) is 0 Å². The maximum absolute atomic E-state index is 11.9. The molecule has 1 heterocycles. The first-order valence-electron chi connectivity index (χ1n) is 6.36. The Morgan fingerprint density at radius 2 is 2.05 bits per heavy atom. The first-order chi connectivity index (χ1) is 8.99. The quantitative estimate of drug-likeness (QED) is 0.767. The summed E-state index contributed by atoms with van der Waals surface area (Å²) in [7, 11) is 4.67. The number of nitrogens with one attached hydrogen (secondary N) is 1. The molecule has 1 aliphatic rings. The van der Waals surface area contributed by atoms with Crippen LogP contribution in [0.5, 0.6) is 0 Å². The molecule has 2 rings (SSSR count). The van der Waals surface area contributed by atoms with Crippen LogP contribution in [0.1, 0.15) is 19.3 Å². The van der Waals surface area contributed by atoms with Crippen LogP contribution in [0.2, 0.25) is 0 Å². The lowest BCUT2D eigenvalue weighted by Crippen LogP contribution is -2.40. The molecule has 106 valence electrons. The summed E-state index contributed by atoms with van der Waals surface area (Å²) in [5.74, 6) is 0.230. The topological polar surface area (TPSA) is 78.2 Å². The summed E-state index contributed by atoms with van der Waals surface area (Å²) in [6, 6.07) is 0. The van der Waals surface area contributed by atoms with Crippen LogP contribution in [-0.4, -0.2) is 34.6 Å². The van der Waals surface area contributed by atoms with Crippen molar-refractivity contribution in [3.63, 3.8) is 0 Å². The molecule has 0 radical (unpaired) electrons. The molecule has 1 aromatic heterocycles. The third-order valence-corrected chi connectivity index (χ3v) is 3.75. The number of hydrogen-bond donors (Lipinski definition) is 1. The van der Waals surface area contributed by atoms with E-state index in [1.165, 1.54) is 18.8 Å². The van der Waals surface area contributed by atoms with E-state index in [0.717, 1.165) is 30.4 Å². The molecule has 0 atom stereocenters. The largest absolute Gasteiger partial charge is 0.385 e. The Balaban J connectivity index is 2.09. The Morgan fingerprint density at radius 3 is 2.63 bits per heavy atom. The van der Waals surface area contributed by atoms with Gasteiger partial charge in [0.2, 0.25) is 5.82 Å². The molecule has 7 nitrogen and oxygen atoms in total. The SMILES string of the molecule is COCCC1(CNc2nn(C)c(=O)n(C)c2=O)CC1. The van der Waals surface area contributed by atoms with Crippen LogP contribution >= 0.6 is 0 Å². The van der Waals surface area contributed by atoms with E-state index in [0.29, 0.717) is 6.54 Å². The standard InChI is InChI=1S/C12H20N4O3/c1-15-10(17)9(14-16(2)11(15)18)13-8-12(4-5-12)6-7-19-3/h4-8H2,1-3H3,(H,13,14). The zero-order chi connectivity index (χ0) is 14.0. The highest BCUT2D eigenvalue weighted by Gasteiger charge is 2.41. The predicted molar refractivity (Wildman–Crippen MR) is 71.4 cm³/mol. The molecule has 0 bridgehead atoms. The normalized spacial score (nSPS) is 16.4. The maximum Gasteiger partial charge on any atom is 0.346 e. The first-order valence-corrected chi connectivity index (χ1v) is 6.36. The Morgan fingerprint density at radius 1 is 1.37 bits per heavy atom. The van der Waals surface area contributed by atoms with Gasteiger partial charge in [-0.25, -0.2) is 9.48 Å². The zero-order valence-electron chi connectivity index (χ0n) is 11.6. The van der Waals surface area contributed by atoms with E-state index in [2.05, 4.69) is 10.4 Å². The molecule has 19 heavy (non-hydrogen) atoms. The summed E-state index contributed by atoms with van der Waals surface area (Å²) in [5, 5.41) is 7.05. The highest BCUT2D eigenvalue weighted by Crippen LogP contribution is 2.48. The average Bonchev–Trinajstić information content (AvgIpc) is 3.17. The Hall–Kier alpha value is -1.63. The minimum atomic E-state index is -0.420. The monoisotopic (exact) mass is 268 g/mol. The van der Waals surface area contributed by atoms with Gasteiger partial charge in [-0.05, 0) is 24.7 Å². The van der Waals surface area contributed by atoms with Crippen LogP contribution in [0.4, 0.5) is 5.82 Å². The lowest BCUT2D eigenvalue weighted by atomic mass is 10.0. The highest BCUT2D eigenvalue weighted by atomic mass is 16.5. The molecule has 0 amide bonds. The minimum absolute atomic E-state index is 0.220. The molecule has 1 aliphatic carbocycles. The molecule has 1 saturated carbocycles. The zero-order valence-corrected chi connectivity index (χ0v) is 11.6. The van der Waals surface area contributed by atoms with Crippen LogP contribution in [0.15, 0.2) is 9.59 Å². The smallest absolute Gasteiger partial charge is 0.346 e. The Kier molecular flexibility index (Phi) is 3.75. The van der Waals surface area contributed by atoms with E-state index < -0.39 is 5.69 Å². The summed E-state index contributed by atoms with van der Waals surface area (Å²) < 4.78 is 7.32. The molecule has 7 heteroatoms. The number of ether oxygens (including phenoxy) is 1. The summed E-state index contributed by atoms with van der Waals surface area (Å²) in [6.07, 6.45) is 3.24. The van der Waals surface area contributed by atoms with E-state index in [9.17, 15) is 9.59 Å². The van der Waals surface area contributed by atoms with E-state index in [1.54, 1.807) is 7.11 Å². The van der Waals surface area contributed by atoms with Crippen LogP contribution in [0.3, 0.4) is 0 Å². The van der Waals surface area contributed by atoms with Crippen molar-refractivity contribution in [3.05, 3.63) is 20.8 Å². The fourth-order valence-corrected chi connectivity index (χ4v) is 2.09. The van der Waals surface area contributed by atoms with Crippen LogP contribution < -0.4 is 16.6 Å². The second kappa shape index (κ2) is 5.16. The van der Waals surface area contributed by atoms with Crippen molar-refractivity contribution < 1.29 is 4.74 Å². The van der Waals surface area contributed by atoms with Crippen molar-refractivity contribution in [3.8, 4) is 0 Å². The van der Waals surface area contributed by atoms with Gasteiger partial charge < -0.3 is 10.1 Å². The molecule has 0 aliphatic heterocycles. The summed E-state index contributed by atoms with van der Waals surface area (Å²) in [5.41, 5.74) is -0.584. The van der Waals surface area contributed by atoms with Crippen molar-refractivity contribution in [2.45, 2.75) is 19.3 Å². The number of aryl methyl sites for hydroxylation is 1. The van der Waals surface area contributed by atoms with Gasteiger partial charge in [0.1, 0.15) is 0 Å². The van der Waals surface area contributed by atoms with E-state index >= 15 is 0 Å². The molecule has 0 aromatic carbocycles. The average molecular weight is 268 g/mol. The molecule has 1 fully saturated rings. The van der Waals surface area contributed by atoms with Crippen molar-refractivity contribution >= 4 is 5.82 Å². The van der Waals surface area contributed by atoms with Gasteiger partial charge in [0.25, 0.3) is 5.56 Å². The number of hydrogen-bond acceptors (Lipinski definition) is 5. The Labute approximate surface area is 111 Å². The van der Waals surface area contributed by atoms with Gasteiger partial charge in [-0.1, -0.05) is 0 Å². The lowest BCUT2D eigenvalue weighted by molar-refractivity contribution is 0.174. The summed E-state index contributed by atoms with van der Waals surface area (Å²) >= 11 is 0. The number of anilines is 1. The number of methoxy groups -OCH3 is 1. The van der Waals surface area contributed by atoms with Crippen molar-refractivity contribution in [1.29, 1.82) is 0 Å².